The summed E-state index contributed by atoms with van der Waals surface area (Å²) >= 11 is 0. The molecule has 0 saturated carbocycles. The highest BCUT2D eigenvalue weighted by Crippen LogP contribution is 2.30. The average molecular weight is 476 g/mol. The molecule has 2 aliphatic heterocycles. The fourth-order valence-corrected chi connectivity index (χ4v) is 6.00. The molecule has 1 aromatic carbocycles. The Balaban J connectivity index is 1.43. The van der Waals surface area contributed by atoms with Crippen molar-refractivity contribution >= 4 is 21.8 Å². The quantitative estimate of drug-likeness (QED) is 0.687. The maximum absolute atomic E-state index is 13.1. The van der Waals surface area contributed by atoms with Crippen molar-refractivity contribution in [2.75, 3.05) is 33.3 Å². The molecule has 0 radical (unpaired) electrons. The Morgan fingerprint density at radius 3 is 2.36 bits per heavy atom. The second kappa shape index (κ2) is 9.56. The van der Waals surface area contributed by atoms with E-state index in [1.54, 1.807) is 30.0 Å². The lowest BCUT2D eigenvalue weighted by atomic mass is 10.0. The van der Waals surface area contributed by atoms with Gasteiger partial charge in [-0.05, 0) is 62.9 Å². The summed E-state index contributed by atoms with van der Waals surface area (Å²) in [6.45, 7) is 3.64. The average Bonchev–Trinajstić information content (AvgIpc) is 3.51. The SMILES string of the molecule is COc1ccc(C(=O)N2CCC(NC(=O)c3ccc(C)o3)CC2)cc1S(=O)(=O)N1CCCC1. The molecule has 3 heterocycles. The van der Waals surface area contributed by atoms with Crippen LogP contribution in [0.1, 0.15) is 52.4 Å². The molecule has 0 aliphatic carbocycles. The zero-order valence-electron chi connectivity index (χ0n) is 18.9. The van der Waals surface area contributed by atoms with Crippen molar-refractivity contribution in [2.45, 2.75) is 43.5 Å². The molecule has 0 atom stereocenters. The molecule has 2 aliphatic rings. The number of hydrogen-bond acceptors (Lipinski definition) is 6. The summed E-state index contributed by atoms with van der Waals surface area (Å²) in [4.78, 5) is 27.1. The van der Waals surface area contributed by atoms with E-state index in [2.05, 4.69) is 5.32 Å². The number of amides is 2. The number of benzene rings is 1. The van der Waals surface area contributed by atoms with Gasteiger partial charge in [0.15, 0.2) is 5.76 Å². The molecular weight excluding hydrogens is 446 g/mol. The molecular formula is C23H29N3O6S. The lowest BCUT2D eigenvalue weighted by molar-refractivity contribution is 0.0695. The van der Waals surface area contributed by atoms with E-state index in [1.165, 1.54) is 23.5 Å². The van der Waals surface area contributed by atoms with E-state index in [-0.39, 0.29) is 34.3 Å². The Hall–Kier alpha value is -2.85. The van der Waals surface area contributed by atoms with E-state index in [0.29, 0.717) is 50.3 Å². The van der Waals surface area contributed by atoms with Gasteiger partial charge in [-0.2, -0.15) is 4.31 Å². The van der Waals surface area contributed by atoms with Gasteiger partial charge in [0.1, 0.15) is 16.4 Å². The van der Waals surface area contributed by atoms with E-state index in [4.69, 9.17) is 9.15 Å². The third-order valence-electron chi connectivity index (χ3n) is 6.17. The third-order valence-corrected chi connectivity index (χ3v) is 8.09. The topological polar surface area (TPSA) is 109 Å². The number of piperidine rings is 1. The standard InChI is InChI=1S/C23H29N3O6S/c1-16-5-7-20(32-16)22(27)24-18-9-13-25(14-10-18)23(28)17-6-8-19(31-2)21(15-17)33(29,30)26-11-3-4-12-26/h5-8,15,18H,3-4,9-14H2,1-2H3,(H,24,27). The molecule has 0 bridgehead atoms. The molecule has 2 fully saturated rings. The van der Waals surface area contributed by atoms with Crippen LogP contribution in [0.15, 0.2) is 39.6 Å². The Kier molecular flexibility index (Phi) is 6.76. The van der Waals surface area contributed by atoms with Crippen LogP contribution in [-0.4, -0.2) is 68.8 Å². The van der Waals surface area contributed by atoms with Gasteiger partial charge >= 0.3 is 0 Å². The van der Waals surface area contributed by atoms with Crippen LogP contribution >= 0.6 is 0 Å². The molecule has 33 heavy (non-hydrogen) atoms. The molecule has 2 amide bonds. The zero-order valence-corrected chi connectivity index (χ0v) is 19.7. The highest BCUT2D eigenvalue weighted by Gasteiger charge is 2.32. The van der Waals surface area contributed by atoms with Gasteiger partial charge in [0.25, 0.3) is 11.8 Å². The minimum absolute atomic E-state index is 0.0219. The molecule has 9 nitrogen and oxygen atoms in total. The van der Waals surface area contributed by atoms with Crippen molar-refractivity contribution in [3.05, 3.63) is 47.4 Å². The number of rotatable bonds is 6. The lowest BCUT2D eigenvalue weighted by Gasteiger charge is -2.32. The van der Waals surface area contributed by atoms with E-state index in [9.17, 15) is 18.0 Å². The van der Waals surface area contributed by atoms with Crippen molar-refractivity contribution in [3.8, 4) is 5.75 Å². The number of ether oxygens (including phenoxy) is 1. The molecule has 1 aromatic heterocycles. The minimum Gasteiger partial charge on any atom is -0.495 e. The predicted molar refractivity (Wildman–Crippen MR) is 121 cm³/mol. The second-order valence-corrected chi connectivity index (χ2v) is 10.3. The number of carbonyl (C=O) groups excluding carboxylic acids is 2. The highest BCUT2D eigenvalue weighted by molar-refractivity contribution is 7.89. The smallest absolute Gasteiger partial charge is 0.287 e. The van der Waals surface area contributed by atoms with Crippen LogP contribution in [0.3, 0.4) is 0 Å². The van der Waals surface area contributed by atoms with Crippen molar-refractivity contribution in [2.24, 2.45) is 0 Å². The van der Waals surface area contributed by atoms with Gasteiger partial charge < -0.3 is 19.4 Å². The molecule has 4 rings (SSSR count). The van der Waals surface area contributed by atoms with Crippen molar-refractivity contribution in [1.29, 1.82) is 0 Å². The Labute approximate surface area is 193 Å². The first-order valence-electron chi connectivity index (χ1n) is 11.1. The molecule has 0 unspecified atom stereocenters. The summed E-state index contributed by atoms with van der Waals surface area (Å²) in [5.74, 6) is 0.678. The van der Waals surface area contributed by atoms with Gasteiger partial charge in [-0.25, -0.2) is 8.42 Å². The number of methoxy groups -OCH3 is 1. The van der Waals surface area contributed by atoms with Gasteiger partial charge in [-0.1, -0.05) is 0 Å². The predicted octanol–water partition coefficient (Wildman–Crippen LogP) is 2.42. The first kappa shape index (κ1) is 23.3. The molecule has 178 valence electrons. The second-order valence-electron chi connectivity index (χ2n) is 8.43. The minimum atomic E-state index is -3.73. The van der Waals surface area contributed by atoms with Crippen LogP contribution in [0.5, 0.6) is 5.75 Å². The lowest BCUT2D eigenvalue weighted by Crippen LogP contribution is -2.46. The van der Waals surface area contributed by atoms with Gasteiger partial charge in [0.05, 0.1) is 7.11 Å². The van der Waals surface area contributed by atoms with Gasteiger partial charge in [0.2, 0.25) is 10.0 Å². The number of hydrogen-bond donors (Lipinski definition) is 1. The van der Waals surface area contributed by atoms with Crippen molar-refractivity contribution < 1.29 is 27.2 Å². The third kappa shape index (κ3) is 4.91. The fraction of sp³-hybridized carbons (Fsp3) is 0.478. The first-order valence-corrected chi connectivity index (χ1v) is 12.6. The summed E-state index contributed by atoms with van der Waals surface area (Å²) in [7, 11) is -2.31. The van der Waals surface area contributed by atoms with Crippen LogP contribution in [0.2, 0.25) is 0 Å². The Morgan fingerprint density at radius 2 is 1.76 bits per heavy atom. The maximum Gasteiger partial charge on any atom is 0.287 e. The number of nitrogens with zero attached hydrogens (tertiary/aromatic N) is 2. The number of furan rings is 1. The van der Waals surface area contributed by atoms with Gasteiger partial charge in [-0.15, -0.1) is 0 Å². The number of carbonyl (C=O) groups is 2. The van der Waals surface area contributed by atoms with Gasteiger partial charge in [0, 0.05) is 37.8 Å². The molecule has 1 N–H and O–H groups in total. The number of aryl methyl sites for hydroxylation is 1. The molecule has 0 spiro atoms. The van der Waals surface area contributed by atoms with Crippen LogP contribution in [0.4, 0.5) is 0 Å². The normalized spacial score (nSPS) is 17.8. The van der Waals surface area contributed by atoms with Crippen molar-refractivity contribution in [3.63, 3.8) is 0 Å². The van der Waals surface area contributed by atoms with E-state index in [0.717, 1.165) is 12.8 Å². The highest BCUT2D eigenvalue weighted by atomic mass is 32.2. The summed E-state index contributed by atoms with van der Waals surface area (Å²) < 4.78 is 38.3. The van der Waals surface area contributed by atoms with Crippen LogP contribution in [0, 0.1) is 6.92 Å². The molecule has 2 aromatic rings. The summed E-state index contributed by atoms with van der Waals surface area (Å²) in [6, 6.07) is 7.87. The fourth-order valence-electron chi connectivity index (χ4n) is 4.30. The monoisotopic (exact) mass is 475 g/mol. The van der Waals surface area contributed by atoms with E-state index >= 15 is 0 Å². The van der Waals surface area contributed by atoms with E-state index < -0.39 is 10.0 Å². The van der Waals surface area contributed by atoms with Crippen LogP contribution in [-0.2, 0) is 10.0 Å². The van der Waals surface area contributed by atoms with Crippen LogP contribution < -0.4 is 10.1 Å². The summed E-state index contributed by atoms with van der Waals surface area (Å²) in [5, 5.41) is 2.95. The first-order chi connectivity index (χ1) is 15.8. The Bertz CT molecular complexity index is 1130. The van der Waals surface area contributed by atoms with Crippen LogP contribution in [0.25, 0.3) is 0 Å². The largest absolute Gasteiger partial charge is 0.495 e. The van der Waals surface area contributed by atoms with Gasteiger partial charge in [-0.3, -0.25) is 9.59 Å². The molecule has 10 heteroatoms. The summed E-state index contributed by atoms with van der Waals surface area (Å²) in [5.41, 5.74) is 0.308. The number of nitrogens with one attached hydrogen (secondary N) is 1. The number of likely N-dealkylation sites (tertiary alicyclic amines) is 1. The Morgan fingerprint density at radius 1 is 1.06 bits per heavy atom. The summed E-state index contributed by atoms with van der Waals surface area (Å²) in [6.07, 6.45) is 2.86. The molecule has 2 saturated heterocycles. The maximum atomic E-state index is 13.1. The number of sulfonamides is 1. The van der Waals surface area contributed by atoms with E-state index in [1.807, 2.05) is 0 Å². The zero-order chi connectivity index (χ0) is 23.6. The van der Waals surface area contributed by atoms with Crippen molar-refractivity contribution in [1.82, 2.24) is 14.5 Å².